The Morgan fingerprint density at radius 2 is 2.10 bits per heavy atom. The third kappa shape index (κ3) is 5.47. The average molecular weight is 279 g/mol. The number of aliphatic hydroxyl groups is 1. The number of anilines is 1. The van der Waals surface area contributed by atoms with E-state index >= 15 is 0 Å². The van der Waals surface area contributed by atoms with Crippen LogP contribution in [0.3, 0.4) is 0 Å². The van der Waals surface area contributed by atoms with Crippen molar-refractivity contribution in [2.24, 2.45) is 0 Å². The summed E-state index contributed by atoms with van der Waals surface area (Å²) < 4.78 is 0. The minimum absolute atomic E-state index is 0.317. The lowest BCUT2D eigenvalue weighted by molar-refractivity contribution is 0.0874. The molecule has 0 spiro atoms. The highest BCUT2D eigenvalue weighted by atomic mass is 16.3. The number of aromatic nitrogens is 1. The van der Waals surface area contributed by atoms with Crippen molar-refractivity contribution in [2.75, 3.05) is 24.5 Å². The summed E-state index contributed by atoms with van der Waals surface area (Å²) in [6.45, 7) is 12.5. The summed E-state index contributed by atoms with van der Waals surface area (Å²) in [4.78, 5) is 6.55. The number of hydrogen-bond acceptors (Lipinski definition) is 4. The van der Waals surface area contributed by atoms with Crippen molar-refractivity contribution in [1.29, 1.82) is 0 Å². The van der Waals surface area contributed by atoms with E-state index < -0.39 is 5.60 Å². The van der Waals surface area contributed by atoms with Gasteiger partial charge >= 0.3 is 0 Å². The van der Waals surface area contributed by atoms with Gasteiger partial charge in [0.25, 0.3) is 0 Å². The van der Waals surface area contributed by atoms with Crippen molar-refractivity contribution in [2.45, 2.75) is 52.7 Å². The molecule has 0 bridgehead atoms. The predicted octanol–water partition coefficient (Wildman–Crippen LogP) is 2.74. The third-order valence-electron chi connectivity index (χ3n) is 3.25. The van der Waals surface area contributed by atoms with E-state index in [0.29, 0.717) is 12.6 Å². The number of nitrogens with one attached hydrogen (secondary N) is 1. The van der Waals surface area contributed by atoms with Gasteiger partial charge in [0.15, 0.2) is 0 Å². The molecule has 1 heterocycles. The fraction of sp³-hybridized carbons (Fsp3) is 0.688. The van der Waals surface area contributed by atoms with E-state index in [1.165, 1.54) is 5.56 Å². The second kappa shape index (κ2) is 7.60. The molecular formula is C16H29N3O. The van der Waals surface area contributed by atoms with Gasteiger partial charge in [-0.15, -0.1) is 0 Å². The Labute approximate surface area is 123 Å². The van der Waals surface area contributed by atoms with E-state index in [1.807, 2.05) is 20.0 Å². The average Bonchev–Trinajstić information content (AvgIpc) is 2.41. The maximum absolute atomic E-state index is 9.99. The van der Waals surface area contributed by atoms with Crippen LogP contribution in [0, 0.1) is 0 Å². The minimum Gasteiger partial charge on any atom is -0.389 e. The standard InChI is InChI=1S/C16H29N3O/c1-6-9-17-13(3)14-8-10-18-15(11-14)19(7-2)12-16(4,5)20/h8,10-11,13,17,20H,6-7,9,12H2,1-5H3. The van der Waals surface area contributed by atoms with Gasteiger partial charge in [0.1, 0.15) is 5.82 Å². The smallest absolute Gasteiger partial charge is 0.128 e. The molecule has 0 aromatic carbocycles. The van der Waals surface area contributed by atoms with Gasteiger partial charge in [-0.25, -0.2) is 4.98 Å². The molecule has 0 fully saturated rings. The summed E-state index contributed by atoms with van der Waals surface area (Å²) in [5, 5.41) is 13.5. The van der Waals surface area contributed by atoms with E-state index in [4.69, 9.17) is 0 Å². The zero-order valence-corrected chi connectivity index (χ0v) is 13.5. The van der Waals surface area contributed by atoms with Crippen molar-refractivity contribution < 1.29 is 5.11 Å². The Bertz CT molecular complexity index is 401. The fourth-order valence-corrected chi connectivity index (χ4v) is 2.18. The van der Waals surface area contributed by atoms with Crippen LogP contribution in [0.4, 0.5) is 5.82 Å². The molecule has 0 aliphatic rings. The first-order valence-corrected chi connectivity index (χ1v) is 7.54. The largest absolute Gasteiger partial charge is 0.389 e. The summed E-state index contributed by atoms with van der Waals surface area (Å²) >= 11 is 0. The fourth-order valence-electron chi connectivity index (χ4n) is 2.18. The van der Waals surface area contributed by atoms with Gasteiger partial charge in [-0.05, 0) is 58.4 Å². The van der Waals surface area contributed by atoms with Crippen LogP contribution in [-0.2, 0) is 0 Å². The molecule has 1 rings (SSSR count). The van der Waals surface area contributed by atoms with Crippen molar-refractivity contribution >= 4 is 5.82 Å². The van der Waals surface area contributed by atoms with Crippen molar-refractivity contribution in [1.82, 2.24) is 10.3 Å². The minimum atomic E-state index is -0.722. The summed E-state index contributed by atoms with van der Waals surface area (Å²) in [5.74, 6) is 0.928. The first kappa shape index (κ1) is 16.9. The molecule has 0 radical (unpaired) electrons. The van der Waals surface area contributed by atoms with E-state index in [2.05, 4.69) is 48.1 Å². The Balaban J connectivity index is 2.84. The van der Waals surface area contributed by atoms with Crippen LogP contribution < -0.4 is 10.2 Å². The van der Waals surface area contributed by atoms with E-state index in [9.17, 15) is 5.11 Å². The maximum Gasteiger partial charge on any atom is 0.128 e. The lowest BCUT2D eigenvalue weighted by atomic mass is 10.1. The molecule has 0 amide bonds. The molecule has 1 atom stereocenters. The lowest BCUT2D eigenvalue weighted by Crippen LogP contribution is -2.39. The monoisotopic (exact) mass is 279 g/mol. The highest BCUT2D eigenvalue weighted by Gasteiger charge is 2.19. The molecule has 1 unspecified atom stereocenters. The van der Waals surface area contributed by atoms with Crippen LogP contribution in [0.5, 0.6) is 0 Å². The predicted molar refractivity (Wildman–Crippen MR) is 85.1 cm³/mol. The Hall–Kier alpha value is -1.13. The van der Waals surface area contributed by atoms with Crippen LogP contribution in [-0.4, -0.2) is 35.3 Å². The first-order chi connectivity index (χ1) is 9.37. The molecular weight excluding hydrogens is 250 g/mol. The Kier molecular flexibility index (Phi) is 6.43. The second-order valence-corrected chi connectivity index (χ2v) is 5.95. The molecule has 2 N–H and O–H groups in total. The van der Waals surface area contributed by atoms with Gasteiger partial charge in [-0.2, -0.15) is 0 Å². The lowest BCUT2D eigenvalue weighted by Gasteiger charge is -2.29. The van der Waals surface area contributed by atoms with Gasteiger partial charge in [-0.3, -0.25) is 0 Å². The number of pyridine rings is 1. The summed E-state index contributed by atoms with van der Waals surface area (Å²) in [6, 6.07) is 4.48. The number of likely N-dealkylation sites (N-methyl/N-ethyl adjacent to an activating group) is 1. The van der Waals surface area contributed by atoms with E-state index in [-0.39, 0.29) is 0 Å². The van der Waals surface area contributed by atoms with Gasteiger partial charge < -0.3 is 15.3 Å². The molecule has 114 valence electrons. The molecule has 20 heavy (non-hydrogen) atoms. The van der Waals surface area contributed by atoms with Gasteiger partial charge in [-0.1, -0.05) is 6.92 Å². The topological polar surface area (TPSA) is 48.4 Å². The van der Waals surface area contributed by atoms with Gasteiger partial charge in [0, 0.05) is 25.3 Å². The van der Waals surface area contributed by atoms with E-state index in [0.717, 1.165) is 25.3 Å². The number of rotatable bonds is 8. The van der Waals surface area contributed by atoms with Gasteiger partial charge in [0.05, 0.1) is 5.60 Å². The molecule has 0 saturated carbocycles. The zero-order valence-electron chi connectivity index (χ0n) is 13.5. The Morgan fingerprint density at radius 1 is 1.40 bits per heavy atom. The van der Waals surface area contributed by atoms with Crippen molar-refractivity contribution in [3.8, 4) is 0 Å². The highest BCUT2D eigenvalue weighted by Crippen LogP contribution is 2.19. The van der Waals surface area contributed by atoms with Crippen molar-refractivity contribution in [3.63, 3.8) is 0 Å². The maximum atomic E-state index is 9.99. The molecule has 0 aliphatic carbocycles. The normalized spacial score (nSPS) is 13.3. The van der Waals surface area contributed by atoms with Crippen LogP contribution in [0.1, 0.15) is 52.6 Å². The first-order valence-electron chi connectivity index (χ1n) is 7.54. The van der Waals surface area contributed by atoms with Crippen LogP contribution in [0.2, 0.25) is 0 Å². The summed E-state index contributed by atoms with van der Waals surface area (Å²) in [5.41, 5.74) is 0.511. The van der Waals surface area contributed by atoms with E-state index in [1.54, 1.807) is 0 Å². The molecule has 4 nitrogen and oxygen atoms in total. The second-order valence-electron chi connectivity index (χ2n) is 5.95. The van der Waals surface area contributed by atoms with Crippen LogP contribution >= 0.6 is 0 Å². The Morgan fingerprint density at radius 3 is 2.65 bits per heavy atom. The highest BCUT2D eigenvalue weighted by molar-refractivity contribution is 5.42. The van der Waals surface area contributed by atoms with Gasteiger partial charge in [0.2, 0.25) is 0 Å². The number of hydrogen-bond donors (Lipinski definition) is 2. The zero-order chi connectivity index (χ0) is 15.2. The molecule has 1 aromatic rings. The molecule has 0 aliphatic heterocycles. The van der Waals surface area contributed by atoms with Crippen LogP contribution in [0.15, 0.2) is 18.3 Å². The summed E-state index contributed by atoms with van der Waals surface area (Å²) in [7, 11) is 0. The third-order valence-corrected chi connectivity index (χ3v) is 3.25. The summed E-state index contributed by atoms with van der Waals surface area (Å²) in [6.07, 6.45) is 2.98. The quantitative estimate of drug-likeness (QED) is 0.768. The van der Waals surface area contributed by atoms with Crippen LogP contribution in [0.25, 0.3) is 0 Å². The molecule has 4 heteroatoms. The van der Waals surface area contributed by atoms with Crippen molar-refractivity contribution in [3.05, 3.63) is 23.9 Å². The number of nitrogens with zero attached hydrogens (tertiary/aromatic N) is 2. The molecule has 0 saturated heterocycles. The molecule has 1 aromatic heterocycles. The SMILES string of the molecule is CCCNC(C)c1ccnc(N(CC)CC(C)(C)O)c1.